The van der Waals surface area contributed by atoms with Crippen molar-refractivity contribution in [2.24, 2.45) is 0 Å². The number of nitrogens with zero attached hydrogens (tertiary/aromatic N) is 2. The van der Waals surface area contributed by atoms with Gasteiger partial charge in [-0.05, 0) is 36.8 Å². The Morgan fingerprint density at radius 3 is 2.50 bits per heavy atom. The lowest BCUT2D eigenvalue weighted by Gasteiger charge is -2.03. The van der Waals surface area contributed by atoms with Crippen LogP contribution in [-0.2, 0) is 0 Å². The van der Waals surface area contributed by atoms with Gasteiger partial charge in [0.1, 0.15) is 0 Å². The first-order chi connectivity index (χ1) is 8.72. The summed E-state index contributed by atoms with van der Waals surface area (Å²) in [5, 5.41) is 0.725. The normalized spacial score (nSPS) is 10.8. The Balaban J connectivity index is 2.15. The largest absolute Gasteiger partial charge is 0.252 e. The molecule has 3 heteroatoms. The summed E-state index contributed by atoms with van der Waals surface area (Å²) in [4.78, 5) is 9.06. The van der Waals surface area contributed by atoms with Crippen molar-refractivity contribution in [1.29, 1.82) is 0 Å². The van der Waals surface area contributed by atoms with Crippen molar-refractivity contribution >= 4 is 22.6 Å². The van der Waals surface area contributed by atoms with Gasteiger partial charge >= 0.3 is 0 Å². The molecule has 0 atom stereocenters. The van der Waals surface area contributed by atoms with Crippen molar-refractivity contribution in [2.75, 3.05) is 0 Å². The Kier molecular flexibility index (Phi) is 2.73. The molecule has 0 saturated heterocycles. The molecule has 0 spiro atoms. The molecule has 2 aromatic carbocycles. The second-order valence-corrected chi connectivity index (χ2v) is 4.69. The maximum Gasteiger partial charge on any atom is 0.0896 e. The predicted octanol–water partition coefficient (Wildman–Crippen LogP) is 4.26. The average molecular weight is 255 g/mol. The van der Waals surface area contributed by atoms with Crippen LogP contribution in [0.5, 0.6) is 0 Å². The summed E-state index contributed by atoms with van der Waals surface area (Å²) in [5.41, 5.74) is 4.91. The van der Waals surface area contributed by atoms with Crippen LogP contribution in [0.3, 0.4) is 0 Å². The standard InChI is InChI=1S/C15H11ClN2/c1-10-2-7-13-14(8-10)18-15(9-17-13)11-3-5-12(16)6-4-11/h2-9H,1H3. The van der Waals surface area contributed by atoms with Gasteiger partial charge in [0, 0.05) is 10.6 Å². The van der Waals surface area contributed by atoms with Gasteiger partial charge in [-0.15, -0.1) is 0 Å². The van der Waals surface area contributed by atoms with Gasteiger partial charge in [-0.1, -0.05) is 29.8 Å². The highest BCUT2D eigenvalue weighted by atomic mass is 35.5. The van der Waals surface area contributed by atoms with Crippen LogP contribution in [0.2, 0.25) is 5.02 Å². The van der Waals surface area contributed by atoms with E-state index in [9.17, 15) is 0 Å². The summed E-state index contributed by atoms with van der Waals surface area (Å²) in [7, 11) is 0. The molecule has 1 aromatic heterocycles. The van der Waals surface area contributed by atoms with Crippen LogP contribution in [0.1, 0.15) is 5.56 Å². The van der Waals surface area contributed by atoms with Crippen molar-refractivity contribution in [3.8, 4) is 11.3 Å². The Morgan fingerprint density at radius 2 is 1.72 bits per heavy atom. The highest BCUT2D eigenvalue weighted by molar-refractivity contribution is 6.30. The molecule has 0 aliphatic heterocycles. The van der Waals surface area contributed by atoms with Crippen LogP contribution in [0.4, 0.5) is 0 Å². The van der Waals surface area contributed by atoms with Crippen LogP contribution in [0, 0.1) is 6.92 Å². The van der Waals surface area contributed by atoms with Crippen LogP contribution in [-0.4, -0.2) is 9.97 Å². The first-order valence-electron chi connectivity index (χ1n) is 5.72. The second kappa shape index (κ2) is 4.39. The van der Waals surface area contributed by atoms with Crippen LogP contribution < -0.4 is 0 Å². The van der Waals surface area contributed by atoms with E-state index in [0.29, 0.717) is 0 Å². The third-order valence-electron chi connectivity index (χ3n) is 2.84. The highest BCUT2D eigenvalue weighted by Crippen LogP contribution is 2.21. The first kappa shape index (κ1) is 11.2. The fourth-order valence-corrected chi connectivity index (χ4v) is 2.01. The SMILES string of the molecule is Cc1ccc2ncc(-c3ccc(Cl)cc3)nc2c1. The maximum absolute atomic E-state index is 5.88. The Bertz CT molecular complexity index is 705. The minimum atomic E-state index is 0.725. The lowest BCUT2D eigenvalue weighted by Crippen LogP contribution is -1.89. The lowest BCUT2D eigenvalue weighted by molar-refractivity contribution is 1.28. The minimum absolute atomic E-state index is 0.725. The molecule has 3 rings (SSSR count). The molecule has 0 unspecified atom stereocenters. The second-order valence-electron chi connectivity index (χ2n) is 4.25. The number of halogens is 1. The third kappa shape index (κ3) is 2.07. The zero-order valence-electron chi connectivity index (χ0n) is 9.89. The Hall–Kier alpha value is -1.93. The zero-order chi connectivity index (χ0) is 12.5. The third-order valence-corrected chi connectivity index (χ3v) is 3.09. The quantitative estimate of drug-likeness (QED) is 0.648. The summed E-state index contributed by atoms with van der Waals surface area (Å²) >= 11 is 5.88. The van der Waals surface area contributed by atoms with Gasteiger partial charge in [-0.25, -0.2) is 4.98 Å². The van der Waals surface area contributed by atoms with Crippen molar-refractivity contribution in [2.45, 2.75) is 6.92 Å². The molecule has 0 N–H and O–H groups in total. The van der Waals surface area contributed by atoms with E-state index in [1.807, 2.05) is 42.5 Å². The van der Waals surface area contributed by atoms with Gasteiger partial charge in [-0.3, -0.25) is 4.98 Å². The smallest absolute Gasteiger partial charge is 0.0896 e. The van der Waals surface area contributed by atoms with Crippen LogP contribution >= 0.6 is 11.6 Å². The molecular weight excluding hydrogens is 244 g/mol. The number of hydrogen-bond acceptors (Lipinski definition) is 2. The van der Waals surface area contributed by atoms with Gasteiger partial charge < -0.3 is 0 Å². The van der Waals surface area contributed by atoms with Crippen LogP contribution in [0.25, 0.3) is 22.3 Å². The summed E-state index contributed by atoms with van der Waals surface area (Å²) in [6.45, 7) is 2.05. The molecule has 88 valence electrons. The maximum atomic E-state index is 5.88. The van der Waals surface area contributed by atoms with E-state index in [2.05, 4.69) is 16.9 Å². The van der Waals surface area contributed by atoms with E-state index >= 15 is 0 Å². The molecule has 0 amide bonds. The van der Waals surface area contributed by atoms with E-state index in [1.165, 1.54) is 5.56 Å². The van der Waals surface area contributed by atoms with Crippen molar-refractivity contribution in [3.63, 3.8) is 0 Å². The molecule has 0 radical (unpaired) electrons. The molecule has 3 aromatic rings. The highest BCUT2D eigenvalue weighted by Gasteiger charge is 2.02. The number of hydrogen-bond donors (Lipinski definition) is 0. The monoisotopic (exact) mass is 254 g/mol. The molecule has 1 heterocycles. The topological polar surface area (TPSA) is 25.8 Å². The number of aromatic nitrogens is 2. The molecular formula is C15H11ClN2. The van der Waals surface area contributed by atoms with Gasteiger partial charge in [-0.2, -0.15) is 0 Å². The molecule has 0 bridgehead atoms. The Morgan fingerprint density at radius 1 is 0.944 bits per heavy atom. The molecule has 0 fully saturated rings. The fraction of sp³-hybridized carbons (Fsp3) is 0.0667. The minimum Gasteiger partial charge on any atom is -0.252 e. The Labute approximate surface area is 110 Å². The summed E-state index contributed by atoms with van der Waals surface area (Å²) in [6.07, 6.45) is 1.79. The number of aryl methyl sites for hydroxylation is 1. The van der Waals surface area contributed by atoms with Crippen LogP contribution in [0.15, 0.2) is 48.7 Å². The molecule has 0 aliphatic carbocycles. The average Bonchev–Trinajstić information content (AvgIpc) is 2.38. The van der Waals surface area contributed by atoms with Gasteiger partial charge in [0.05, 0.1) is 22.9 Å². The predicted molar refractivity (Wildman–Crippen MR) is 74.7 cm³/mol. The number of fused-ring (bicyclic) bond motifs is 1. The summed E-state index contributed by atoms with van der Waals surface area (Å²) in [6, 6.07) is 13.7. The summed E-state index contributed by atoms with van der Waals surface area (Å²) in [5.74, 6) is 0. The van der Waals surface area contributed by atoms with E-state index in [1.54, 1.807) is 6.20 Å². The molecule has 0 aliphatic rings. The fourth-order valence-electron chi connectivity index (χ4n) is 1.88. The van der Waals surface area contributed by atoms with Crippen molar-refractivity contribution in [3.05, 3.63) is 59.2 Å². The van der Waals surface area contributed by atoms with Gasteiger partial charge in [0.15, 0.2) is 0 Å². The van der Waals surface area contributed by atoms with E-state index in [-0.39, 0.29) is 0 Å². The number of rotatable bonds is 1. The van der Waals surface area contributed by atoms with Gasteiger partial charge in [0.25, 0.3) is 0 Å². The molecule has 0 saturated carbocycles. The van der Waals surface area contributed by atoms with E-state index < -0.39 is 0 Å². The first-order valence-corrected chi connectivity index (χ1v) is 6.09. The zero-order valence-corrected chi connectivity index (χ0v) is 10.6. The molecule has 18 heavy (non-hydrogen) atoms. The van der Waals surface area contributed by atoms with Crippen molar-refractivity contribution in [1.82, 2.24) is 9.97 Å². The van der Waals surface area contributed by atoms with E-state index in [4.69, 9.17) is 11.6 Å². The van der Waals surface area contributed by atoms with Gasteiger partial charge in [0.2, 0.25) is 0 Å². The van der Waals surface area contributed by atoms with Crippen molar-refractivity contribution < 1.29 is 0 Å². The lowest BCUT2D eigenvalue weighted by atomic mass is 10.1. The van der Waals surface area contributed by atoms with E-state index in [0.717, 1.165) is 27.3 Å². The summed E-state index contributed by atoms with van der Waals surface area (Å²) < 4.78 is 0. The number of benzene rings is 2. The molecule has 2 nitrogen and oxygen atoms in total.